The van der Waals surface area contributed by atoms with Gasteiger partial charge in [-0.25, -0.2) is 4.79 Å². The molecule has 1 aliphatic heterocycles. The quantitative estimate of drug-likeness (QED) is 0.642. The molecule has 1 unspecified atom stereocenters. The molecule has 1 atom stereocenters. The van der Waals surface area contributed by atoms with Gasteiger partial charge in [-0.15, -0.1) is 0 Å². The van der Waals surface area contributed by atoms with Crippen molar-refractivity contribution in [2.24, 2.45) is 5.92 Å². The van der Waals surface area contributed by atoms with E-state index in [1.165, 1.54) is 6.92 Å². The zero-order valence-electron chi connectivity index (χ0n) is 10.6. The summed E-state index contributed by atoms with van der Waals surface area (Å²) >= 11 is 0. The van der Waals surface area contributed by atoms with Crippen LogP contribution >= 0.6 is 0 Å². The summed E-state index contributed by atoms with van der Waals surface area (Å²) < 4.78 is 0. The highest BCUT2D eigenvalue weighted by Gasteiger charge is 2.27. The molecule has 1 heterocycles. The SMILES string of the molecule is CNC(=O)C1CCN(C(=O)NC(C)C(=O)O)CC1. The van der Waals surface area contributed by atoms with Gasteiger partial charge in [0.05, 0.1) is 0 Å². The fourth-order valence-corrected chi connectivity index (χ4v) is 1.89. The van der Waals surface area contributed by atoms with Gasteiger partial charge in [0.15, 0.2) is 0 Å². The predicted octanol–water partition coefficient (Wildman–Crippen LogP) is -0.373. The van der Waals surface area contributed by atoms with E-state index in [1.54, 1.807) is 11.9 Å². The van der Waals surface area contributed by atoms with Gasteiger partial charge in [-0.3, -0.25) is 9.59 Å². The molecule has 1 aliphatic rings. The first-order valence-corrected chi connectivity index (χ1v) is 5.95. The Balaban J connectivity index is 2.41. The number of carboxylic acid groups (broad SMARTS) is 1. The molecular formula is C11H19N3O4. The van der Waals surface area contributed by atoms with Crippen LogP contribution in [0.5, 0.6) is 0 Å². The Labute approximate surface area is 106 Å². The van der Waals surface area contributed by atoms with Crippen molar-refractivity contribution in [3.63, 3.8) is 0 Å². The van der Waals surface area contributed by atoms with Crippen molar-refractivity contribution in [1.82, 2.24) is 15.5 Å². The zero-order chi connectivity index (χ0) is 13.7. The Morgan fingerprint density at radius 3 is 2.28 bits per heavy atom. The maximum absolute atomic E-state index is 11.7. The van der Waals surface area contributed by atoms with Crippen LogP contribution in [0.3, 0.4) is 0 Å². The predicted molar refractivity (Wildman–Crippen MR) is 64.0 cm³/mol. The second-order valence-electron chi connectivity index (χ2n) is 4.38. The van der Waals surface area contributed by atoms with Crippen LogP contribution in [-0.2, 0) is 9.59 Å². The molecule has 7 heteroatoms. The van der Waals surface area contributed by atoms with E-state index in [2.05, 4.69) is 10.6 Å². The first kappa shape index (κ1) is 14.3. The lowest BCUT2D eigenvalue weighted by molar-refractivity contribution is -0.138. The van der Waals surface area contributed by atoms with Gasteiger partial charge in [0, 0.05) is 26.1 Å². The van der Waals surface area contributed by atoms with Gasteiger partial charge >= 0.3 is 12.0 Å². The molecular weight excluding hydrogens is 238 g/mol. The van der Waals surface area contributed by atoms with E-state index < -0.39 is 12.0 Å². The van der Waals surface area contributed by atoms with Crippen molar-refractivity contribution in [2.45, 2.75) is 25.8 Å². The minimum Gasteiger partial charge on any atom is -0.480 e. The van der Waals surface area contributed by atoms with Crippen LogP contribution < -0.4 is 10.6 Å². The zero-order valence-corrected chi connectivity index (χ0v) is 10.6. The lowest BCUT2D eigenvalue weighted by Crippen LogP contribution is -2.50. The Hall–Kier alpha value is -1.79. The molecule has 7 nitrogen and oxygen atoms in total. The number of piperidine rings is 1. The standard InChI is InChI=1S/C11H19N3O4/c1-7(10(16)17)13-11(18)14-5-3-8(4-6-14)9(15)12-2/h7-8H,3-6H2,1-2H3,(H,12,15)(H,13,18)(H,16,17). The number of amides is 3. The molecule has 0 aromatic rings. The number of nitrogens with one attached hydrogen (secondary N) is 2. The fraction of sp³-hybridized carbons (Fsp3) is 0.727. The number of hydrogen-bond donors (Lipinski definition) is 3. The van der Waals surface area contributed by atoms with Crippen molar-refractivity contribution in [1.29, 1.82) is 0 Å². The molecule has 0 aliphatic carbocycles. The van der Waals surface area contributed by atoms with Crippen LogP contribution in [0.15, 0.2) is 0 Å². The number of carbonyl (C=O) groups is 3. The van der Waals surface area contributed by atoms with E-state index >= 15 is 0 Å². The number of hydrogen-bond acceptors (Lipinski definition) is 3. The number of carbonyl (C=O) groups excluding carboxylic acids is 2. The van der Waals surface area contributed by atoms with E-state index in [0.717, 1.165) is 0 Å². The summed E-state index contributed by atoms with van der Waals surface area (Å²) in [6.07, 6.45) is 1.21. The highest BCUT2D eigenvalue weighted by atomic mass is 16.4. The molecule has 0 aromatic carbocycles. The third-order valence-corrected chi connectivity index (χ3v) is 3.11. The van der Waals surface area contributed by atoms with Crippen LogP contribution in [0.1, 0.15) is 19.8 Å². The normalized spacial score (nSPS) is 18.0. The average molecular weight is 257 g/mol. The third-order valence-electron chi connectivity index (χ3n) is 3.11. The maximum atomic E-state index is 11.7. The molecule has 1 rings (SSSR count). The molecule has 0 radical (unpaired) electrons. The second kappa shape index (κ2) is 6.23. The summed E-state index contributed by atoms with van der Waals surface area (Å²) in [4.78, 5) is 35.3. The highest BCUT2D eigenvalue weighted by Crippen LogP contribution is 2.17. The minimum atomic E-state index is -1.07. The largest absolute Gasteiger partial charge is 0.480 e. The van der Waals surface area contributed by atoms with E-state index in [4.69, 9.17) is 5.11 Å². The van der Waals surface area contributed by atoms with E-state index in [-0.39, 0.29) is 17.9 Å². The summed E-state index contributed by atoms with van der Waals surface area (Å²) in [5, 5.41) is 13.7. The topological polar surface area (TPSA) is 98.7 Å². The molecule has 0 aromatic heterocycles. The summed E-state index contributed by atoms with van der Waals surface area (Å²) in [6, 6.07) is -1.30. The smallest absolute Gasteiger partial charge is 0.325 e. The monoisotopic (exact) mass is 257 g/mol. The number of carboxylic acids is 1. The van der Waals surface area contributed by atoms with E-state index in [9.17, 15) is 14.4 Å². The molecule has 1 saturated heterocycles. The summed E-state index contributed by atoms with van der Waals surface area (Å²) in [6.45, 7) is 2.35. The summed E-state index contributed by atoms with van der Waals surface area (Å²) in [7, 11) is 1.59. The highest BCUT2D eigenvalue weighted by molar-refractivity contribution is 5.83. The second-order valence-corrected chi connectivity index (χ2v) is 4.38. The summed E-state index contributed by atoms with van der Waals surface area (Å²) in [5.74, 6) is -1.13. The van der Waals surface area contributed by atoms with Gasteiger partial charge in [-0.2, -0.15) is 0 Å². The first-order valence-electron chi connectivity index (χ1n) is 5.95. The Bertz CT molecular complexity index is 337. The number of urea groups is 1. The molecule has 1 fully saturated rings. The Morgan fingerprint density at radius 2 is 1.83 bits per heavy atom. The number of nitrogens with zero attached hydrogens (tertiary/aromatic N) is 1. The number of likely N-dealkylation sites (tertiary alicyclic amines) is 1. The van der Waals surface area contributed by atoms with Crippen LogP contribution in [0.2, 0.25) is 0 Å². The lowest BCUT2D eigenvalue weighted by atomic mass is 9.96. The molecule has 0 bridgehead atoms. The van der Waals surface area contributed by atoms with Crippen molar-refractivity contribution >= 4 is 17.9 Å². The van der Waals surface area contributed by atoms with E-state index in [0.29, 0.717) is 25.9 Å². The van der Waals surface area contributed by atoms with Gasteiger partial charge in [0.1, 0.15) is 6.04 Å². The van der Waals surface area contributed by atoms with Crippen molar-refractivity contribution in [2.75, 3.05) is 20.1 Å². The molecule has 3 amide bonds. The Kier molecular flexibility index (Phi) is 4.94. The molecule has 3 N–H and O–H groups in total. The molecule has 0 spiro atoms. The average Bonchev–Trinajstić information content (AvgIpc) is 2.37. The van der Waals surface area contributed by atoms with Crippen LogP contribution in [0, 0.1) is 5.92 Å². The fourth-order valence-electron chi connectivity index (χ4n) is 1.89. The number of aliphatic carboxylic acids is 1. The lowest BCUT2D eigenvalue weighted by Gasteiger charge is -2.31. The van der Waals surface area contributed by atoms with Crippen LogP contribution in [0.25, 0.3) is 0 Å². The van der Waals surface area contributed by atoms with Crippen molar-refractivity contribution < 1.29 is 19.5 Å². The molecule has 18 heavy (non-hydrogen) atoms. The first-order chi connectivity index (χ1) is 8.45. The minimum absolute atomic E-state index is 0.00559. The summed E-state index contributed by atoms with van der Waals surface area (Å²) in [5.41, 5.74) is 0. The molecule has 102 valence electrons. The van der Waals surface area contributed by atoms with Crippen LogP contribution in [0.4, 0.5) is 4.79 Å². The van der Waals surface area contributed by atoms with E-state index in [1.807, 2.05) is 0 Å². The van der Waals surface area contributed by atoms with Gasteiger partial charge < -0.3 is 20.6 Å². The van der Waals surface area contributed by atoms with Gasteiger partial charge in [-0.1, -0.05) is 0 Å². The number of rotatable bonds is 3. The third kappa shape index (κ3) is 3.61. The van der Waals surface area contributed by atoms with Crippen molar-refractivity contribution in [3.05, 3.63) is 0 Å². The molecule has 0 saturated carbocycles. The maximum Gasteiger partial charge on any atom is 0.325 e. The van der Waals surface area contributed by atoms with Crippen molar-refractivity contribution in [3.8, 4) is 0 Å². The Morgan fingerprint density at radius 1 is 1.28 bits per heavy atom. The van der Waals surface area contributed by atoms with Gasteiger partial charge in [0.2, 0.25) is 5.91 Å². The van der Waals surface area contributed by atoms with Crippen LogP contribution in [-0.4, -0.2) is 54.1 Å². The van der Waals surface area contributed by atoms with Gasteiger partial charge in [0.25, 0.3) is 0 Å². The van der Waals surface area contributed by atoms with Gasteiger partial charge in [-0.05, 0) is 19.8 Å².